The molecule has 1 aromatic heterocycles. The number of carbonyl (C=O) groups is 1. The fourth-order valence-corrected chi connectivity index (χ4v) is 3.14. The van der Waals surface area contributed by atoms with Crippen LogP contribution in [-0.2, 0) is 0 Å². The van der Waals surface area contributed by atoms with Crippen LogP contribution in [0.1, 0.15) is 42.6 Å². The lowest BCUT2D eigenvalue weighted by Gasteiger charge is -2.12. The third kappa shape index (κ3) is 3.55. The second-order valence-corrected chi connectivity index (χ2v) is 6.09. The Morgan fingerprint density at radius 1 is 1.17 bits per heavy atom. The van der Waals surface area contributed by atoms with Crippen LogP contribution >= 0.6 is 0 Å². The Hall–Kier alpha value is -2.43. The van der Waals surface area contributed by atoms with Crippen LogP contribution in [0.3, 0.4) is 0 Å². The first-order valence-corrected chi connectivity index (χ1v) is 8.42. The minimum Gasteiger partial charge on any atom is -0.493 e. The van der Waals surface area contributed by atoms with Crippen molar-refractivity contribution in [3.8, 4) is 11.5 Å². The molecule has 1 heterocycles. The number of hydrogen-bond donors (Lipinski definition) is 2. The standard InChI is InChI=1S/C19H24N2O3/c1-23-17-11-14-10-16(21-15(14)12-18(17)24-2)19(22)20-9-8-13-6-4-3-5-7-13/h6,10-12,21H,3-5,7-9H2,1-2H3,(H,20,22). The van der Waals surface area contributed by atoms with E-state index in [-0.39, 0.29) is 5.91 Å². The number of aromatic amines is 1. The van der Waals surface area contributed by atoms with Crippen molar-refractivity contribution in [2.45, 2.75) is 32.1 Å². The maximum absolute atomic E-state index is 12.3. The van der Waals surface area contributed by atoms with Gasteiger partial charge in [-0.3, -0.25) is 4.79 Å². The van der Waals surface area contributed by atoms with E-state index in [0.717, 1.165) is 17.3 Å². The predicted octanol–water partition coefficient (Wildman–Crippen LogP) is 3.81. The van der Waals surface area contributed by atoms with E-state index in [1.807, 2.05) is 18.2 Å². The summed E-state index contributed by atoms with van der Waals surface area (Å²) in [5.74, 6) is 1.21. The summed E-state index contributed by atoms with van der Waals surface area (Å²) >= 11 is 0. The van der Waals surface area contributed by atoms with Gasteiger partial charge >= 0.3 is 0 Å². The number of aromatic nitrogens is 1. The van der Waals surface area contributed by atoms with E-state index < -0.39 is 0 Å². The van der Waals surface area contributed by atoms with Gasteiger partial charge in [0.2, 0.25) is 0 Å². The highest BCUT2D eigenvalue weighted by atomic mass is 16.5. The molecule has 1 amide bonds. The van der Waals surface area contributed by atoms with Crippen LogP contribution in [0.5, 0.6) is 11.5 Å². The molecule has 0 atom stereocenters. The third-order valence-electron chi connectivity index (χ3n) is 4.49. The molecule has 5 nitrogen and oxygen atoms in total. The molecule has 0 bridgehead atoms. The molecule has 1 aromatic carbocycles. The van der Waals surface area contributed by atoms with E-state index in [2.05, 4.69) is 16.4 Å². The highest BCUT2D eigenvalue weighted by molar-refractivity contribution is 5.98. The lowest BCUT2D eigenvalue weighted by atomic mass is 9.97. The molecule has 2 aromatic rings. The van der Waals surface area contributed by atoms with Gasteiger partial charge in [-0.1, -0.05) is 11.6 Å². The first kappa shape index (κ1) is 16.4. The summed E-state index contributed by atoms with van der Waals surface area (Å²) in [5.41, 5.74) is 2.87. The van der Waals surface area contributed by atoms with Gasteiger partial charge in [0.1, 0.15) is 5.69 Å². The maximum Gasteiger partial charge on any atom is 0.267 e. The van der Waals surface area contributed by atoms with Gasteiger partial charge in [-0.15, -0.1) is 0 Å². The molecule has 0 saturated carbocycles. The molecule has 0 spiro atoms. The van der Waals surface area contributed by atoms with E-state index in [1.54, 1.807) is 14.2 Å². The van der Waals surface area contributed by atoms with Gasteiger partial charge in [-0.05, 0) is 44.2 Å². The third-order valence-corrected chi connectivity index (χ3v) is 4.49. The van der Waals surface area contributed by atoms with Gasteiger partial charge in [0.05, 0.1) is 14.2 Å². The summed E-state index contributed by atoms with van der Waals surface area (Å²) in [6.45, 7) is 0.673. The molecule has 2 N–H and O–H groups in total. The molecule has 5 heteroatoms. The quantitative estimate of drug-likeness (QED) is 0.793. The van der Waals surface area contributed by atoms with E-state index in [1.165, 1.54) is 31.3 Å². The first-order valence-electron chi connectivity index (χ1n) is 8.42. The molecule has 0 saturated heterocycles. The number of fused-ring (bicyclic) bond motifs is 1. The molecule has 0 unspecified atom stereocenters. The number of benzene rings is 1. The van der Waals surface area contributed by atoms with Crippen molar-refractivity contribution in [1.82, 2.24) is 10.3 Å². The monoisotopic (exact) mass is 328 g/mol. The summed E-state index contributed by atoms with van der Waals surface area (Å²) in [7, 11) is 3.20. The molecule has 1 aliphatic rings. The normalized spacial score (nSPS) is 14.3. The lowest BCUT2D eigenvalue weighted by Crippen LogP contribution is -2.25. The average Bonchev–Trinajstić information content (AvgIpc) is 3.04. The smallest absolute Gasteiger partial charge is 0.267 e. The average molecular weight is 328 g/mol. The van der Waals surface area contributed by atoms with Crippen molar-refractivity contribution in [2.24, 2.45) is 0 Å². The highest BCUT2D eigenvalue weighted by Gasteiger charge is 2.13. The molecule has 0 radical (unpaired) electrons. The van der Waals surface area contributed by atoms with E-state index in [9.17, 15) is 4.79 Å². The second-order valence-electron chi connectivity index (χ2n) is 6.09. The number of ether oxygens (including phenoxy) is 2. The Kier molecular flexibility index (Phi) is 5.08. The van der Waals surface area contributed by atoms with Gasteiger partial charge < -0.3 is 19.8 Å². The van der Waals surface area contributed by atoms with Gasteiger partial charge in [-0.25, -0.2) is 0 Å². The van der Waals surface area contributed by atoms with Crippen molar-refractivity contribution < 1.29 is 14.3 Å². The minimum atomic E-state index is -0.0828. The maximum atomic E-state index is 12.3. The Morgan fingerprint density at radius 3 is 2.67 bits per heavy atom. The van der Waals surface area contributed by atoms with Crippen molar-refractivity contribution in [1.29, 1.82) is 0 Å². The van der Waals surface area contributed by atoms with E-state index in [0.29, 0.717) is 23.7 Å². The zero-order chi connectivity index (χ0) is 16.9. The molecular formula is C19H24N2O3. The number of hydrogen-bond acceptors (Lipinski definition) is 3. The molecule has 0 aliphatic heterocycles. The van der Waals surface area contributed by atoms with Gasteiger partial charge in [0.15, 0.2) is 11.5 Å². The number of amides is 1. The highest BCUT2D eigenvalue weighted by Crippen LogP contribution is 2.32. The Bertz CT molecular complexity index is 720. The molecule has 24 heavy (non-hydrogen) atoms. The van der Waals surface area contributed by atoms with Crippen LogP contribution in [0, 0.1) is 0 Å². The van der Waals surface area contributed by atoms with Gasteiger partial charge in [0, 0.05) is 23.5 Å². The first-order chi connectivity index (χ1) is 11.7. The largest absolute Gasteiger partial charge is 0.493 e. The Balaban J connectivity index is 1.67. The summed E-state index contributed by atoms with van der Waals surface area (Å²) in [5, 5.41) is 3.91. The van der Waals surface area contributed by atoms with Crippen LogP contribution in [-0.4, -0.2) is 31.7 Å². The SMILES string of the molecule is COc1cc2cc(C(=O)NCCC3=CCCCC3)[nH]c2cc1OC. The second kappa shape index (κ2) is 7.43. The number of rotatable bonds is 6. The van der Waals surface area contributed by atoms with Gasteiger partial charge in [0.25, 0.3) is 5.91 Å². The molecular weight excluding hydrogens is 304 g/mol. The molecule has 1 aliphatic carbocycles. The Labute approximate surface area is 142 Å². The number of carbonyl (C=O) groups excluding carboxylic acids is 1. The number of H-pyrrole nitrogens is 1. The van der Waals surface area contributed by atoms with E-state index >= 15 is 0 Å². The lowest BCUT2D eigenvalue weighted by molar-refractivity contribution is 0.0950. The van der Waals surface area contributed by atoms with Crippen molar-refractivity contribution >= 4 is 16.8 Å². The van der Waals surface area contributed by atoms with Crippen LogP contribution < -0.4 is 14.8 Å². The number of allylic oxidation sites excluding steroid dienone is 1. The fourth-order valence-electron chi connectivity index (χ4n) is 3.14. The van der Waals surface area contributed by atoms with Gasteiger partial charge in [-0.2, -0.15) is 0 Å². The van der Waals surface area contributed by atoms with Crippen LogP contribution in [0.2, 0.25) is 0 Å². The fraction of sp³-hybridized carbons (Fsp3) is 0.421. The summed E-state index contributed by atoms with van der Waals surface area (Å²) in [4.78, 5) is 15.5. The van der Waals surface area contributed by atoms with Crippen molar-refractivity contribution in [3.05, 3.63) is 35.5 Å². The van der Waals surface area contributed by atoms with Crippen LogP contribution in [0.25, 0.3) is 10.9 Å². The summed E-state index contributed by atoms with van der Waals surface area (Å²) in [6, 6.07) is 5.55. The van der Waals surface area contributed by atoms with Crippen LogP contribution in [0.4, 0.5) is 0 Å². The topological polar surface area (TPSA) is 63.3 Å². The number of nitrogens with one attached hydrogen (secondary N) is 2. The molecule has 3 rings (SSSR count). The van der Waals surface area contributed by atoms with Crippen LogP contribution in [0.15, 0.2) is 29.8 Å². The predicted molar refractivity (Wildman–Crippen MR) is 94.9 cm³/mol. The summed E-state index contributed by atoms with van der Waals surface area (Å²) in [6.07, 6.45) is 8.16. The summed E-state index contributed by atoms with van der Waals surface area (Å²) < 4.78 is 10.6. The number of methoxy groups -OCH3 is 2. The molecule has 128 valence electrons. The Morgan fingerprint density at radius 2 is 1.96 bits per heavy atom. The minimum absolute atomic E-state index is 0.0828. The molecule has 0 fully saturated rings. The zero-order valence-electron chi connectivity index (χ0n) is 14.3. The zero-order valence-corrected chi connectivity index (χ0v) is 14.3. The van der Waals surface area contributed by atoms with E-state index in [4.69, 9.17) is 9.47 Å². The van der Waals surface area contributed by atoms with Crippen molar-refractivity contribution in [2.75, 3.05) is 20.8 Å². The van der Waals surface area contributed by atoms with Crippen molar-refractivity contribution in [3.63, 3.8) is 0 Å².